The van der Waals surface area contributed by atoms with Gasteiger partial charge in [0.1, 0.15) is 0 Å². The highest BCUT2D eigenvalue weighted by Gasteiger charge is 2.22. The summed E-state index contributed by atoms with van der Waals surface area (Å²) >= 11 is 4.99. The molecule has 0 unspecified atom stereocenters. The Morgan fingerprint density at radius 3 is 2.84 bits per heavy atom. The molecule has 1 aliphatic rings. The smallest absolute Gasteiger partial charge is 0.211 e. The second-order valence-corrected chi connectivity index (χ2v) is 6.34. The van der Waals surface area contributed by atoms with Crippen molar-refractivity contribution in [2.24, 2.45) is 0 Å². The van der Waals surface area contributed by atoms with Gasteiger partial charge in [0.15, 0.2) is 0 Å². The number of hydrogen-bond donors (Lipinski definition) is 1. The van der Waals surface area contributed by atoms with E-state index < -0.39 is 0 Å². The first-order chi connectivity index (χ1) is 9.27. The summed E-state index contributed by atoms with van der Waals surface area (Å²) in [6, 6.07) is 4.33. The highest BCUT2D eigenvalue weighted by Crippen LogP contribution is 2.27. The van der Waals surface area contributed by atoms with E-state index in [4.69, 9.17) is 0 Å². The molecular weight excluding hydrogens is 324 g/mol. The number of thiophene rings is 1. The quantitative estimate of drug-likeness (QED) is 0.869. The largest absolute Gasteiger partial charge is 0.342 e. The lowest BCUT2D eigenvalue weighted by atomic mass is 10.1. The molecule has 19 heavy (non-hydrogen) atoms. The predicted molar refractivity (Wildman–Crippen MR) is 81.0 cm³/mol. The molecule has 3 heterocycles. The van der Waals surface area contributed by atoms with E-state index in [-0.39, 0.29) is 5.78 Å². The van der Waals surface area contributed by atoms with Crippen LogP contribution in [0.25, 0.3) is 0 Å². The normalized spacial score (nSPS) is 16.7. The minimum absolute atomic E-state index is 0.108. The number of ketones is 1. The molecule has 0 spiro atoms. The molecule has 0 saturated carbocycles. The van der Waals surface area contributed by atoms with Gasteiger partial charge in [0.25, 0.3) is 0 Å². The fourth-order valence-corrected chi connectivity index (χ4v) is 4.03. The van der Waals surface area contributed by atoms with Crippen LogP contribution in [0.3, 0.4) is 0 Å². The zero-order chi connectivity index (χ0) is 13.2. The molecule has 3 nitrogen and oxygen atoms in total. The molecule has 0 atom stereocenters. The van der Waals surface area contributed by atoms with Crippen molar-refractivity contribution in [1.29, 1.82) is 0 Å². The van der Waals surface area contributed by atoms with Crippen molar-refractivity contribution in [1.82, 2.24) is 9.88 Å². The summed E-state index contributed by atoms with van der Waals surface area (Å²) in [4.78, 5) is 12.6. The molecule has 5 heteroatoms. The number of rotatable bonds is 3. The minimum atomic E-state index is 0.108. The summed E-state index contributed by atoms with van der Waals surface area (Å²) in [5, 5.41) is 7.22. The third-order valence-corrected chi connectivity index (χ3v) is 5.28. The number of nitrogens with zero attached hydrogens (tertiary/aromatic N) is 1. The van der Waals surface area contributed by atoms with Crippen LogP contribution in [0.2, 0.25) is 0 Å². The molecule has 0 aliphatic carbocycles. The zero-order valence-electron chi connectivity index (χ0n) is 10.4. The fourth-order valence-electron chi connectivity index (χ4n) is 2.57. The maximum atomic E-state index is 12.6. The number of aromatic nitrogens is 1. The van der Waals surface area contributed by atoms with E-state index in [0.717, 1.165) is 41.7 Å². The SMILES string of the molecule is O=C(c1cscc1Br)c1cccn1C1CCNCC1. The monoisotopic (exact) mass is 338 g/mol. The fraction of sp³-hybridized carbons (Fsp3) is 0.357. The molecule has 0 amide bonds. The van der Waals surface area contributed by atoms with Crippen LogP contribution in [0.5, 0.6) is 0 Å². The van der Waals surface area contributed by atoms with Crippen molar-refractivity contribution in [2.75, 3.05) is 13.1 Å². The van der Waals surface area contributed by atoms with Crippen LogP contribution in [0, 0.1) is 0 Å². The molecule has 1 aliphatic heterocycles. The third-order valence-electron chi connectivity index (χ3n) is 3.57. The van der Waals surface area contributed by atoms with Gasteiger partial charge in [-0.3, -0.25) is 4.79 Å². The van der Waals surface area contributed by atoms with Crippen LogP contribution >= 0.6 is 27.3 Å². The van der Waals surface area contributed by atoms with Gasteiger partial charge in [0.05, 0.1) is 5.69 Å². The van der Waals surface area contributed by atoms with Crippen molar-refractivity contribution >= 4 is 33.0 Å². The van der Waals surface area contributed by atoms with Crippen molar-refractivity contribution in [2.45, 2.75) is 18.9 Å². The Balaban J connectivity index is 1.91. The van der Waals surface area contributed by atoms with Crippen molar-refractivity contribution in [3.05, 3.63) is 44.8 Å². The first kappa shape index (κ1) is 13.1. The highest BCUT2D eigenvalue weighted by atomic mass is 79.9. The maximum Gasteiger partial charge on any atom is 0.211 e. The van der Waals surface area contributed by atoms with Gasteiger partial charge in [0, 0.05) is 33.0 Å². The lowest BCUT2D eigenvalue weighted by molar-refractivity contribution is 0.102. The van der Waals surface area contributed by atoms with Gasteiger partial charge < -0.3 is 9.88 Å². The molecule has 2 aromatic heterocycles. The molecule has 0 bridgehead atoms. The van der Waals surface area contributed by atoms with E-state index in [2.05, 4.69) is 25.8 Å². The van der Waals surface area contributed by atoms with Gasteiger partial charge in [-0.05, 0) is 54.0 Å². The van der Waals surface area contributed by atoms with Gasteiger partial charge in [-0.1, -0.05) is 0 Å². The second-order valence-electron chi connectivity index (χ2n) is 4.74. The van der Waals surface area contributed by atoms with Gasteiger partial charge in [-0.2, -0.15) is 11.3 Å². The average Bonchev–Trinajstić information content (AvgIpc) is 3.07. The van der Waals surface area contributed by atoms with Crippen LogP contribution < -0.4 is 5.32 Å². The summed E-state index contributed by atoms with van der Waals surface area (Å²) in [6.07, 6.45) is 4.20. The third kappa shape index (κ3) is 2.55. The van der Waals surface area contributed by atoms with E-state index in [0.29, 0.717) is 6.04 Å². The number of halogens is 1. The van der Waals surface area contributed by atoms with E-state index in [9.17, 15) is 4.79 Å². The lowest BCUT2D eigenvalue weighted by Gasteiger charge is -2.25. The molecule has 0 aromatic carbocycles. The molecule has 0 radical (unpaired) electrons. The average molecular weight is 339 g/mol. The zero-order valence-corrected chi connectivity index (χ0v) is 12.8. The standard InChI is InChI=1S/C14H15BrN2OS/c15-12-9-19-8-11(12)14(18)13-2-1-7-17(13)10-3-5-16-6-4-10/h1-2,7-10,16H,3-6H2. The van der Waals surface area contributed by atoms with Crippen LogP contribution in [0.4, 0.5) is 0 Å². The number of nitrogens with one attached hydrogen (secondary N) is 1. The first-order valence-electron chi connectivity index (χ1n) is 6.41. The van der Waals surface area contributed by atoms with Crippen molar-refractivity contribution in [3.8, 4) is 0 Å². The van der Waals surface area contributed by atoms with E-state index in [1.54, 1.807) is 11.3 Å². The number of piperidine rings is 1. The van der Waals surface area contributed by atoms with Crippen molar-refractivity contribution < 1.29 is 4.79 Å². The number of carbonyl (C=O) groups is 1. The summed E-state index contributed by atoms with van der Waals surface area (Å²) in [5.41, 5.74) is 1.56. The van der Waals surface area contributed by atoms with Crippen molar-refractivity contribution in [3.63, 3.8) is 0 Å². The van der Waals surface area contributed by atoms with E-state index in [1.807, 2.05) is 29.1 Å². The molecule has 3 rings (SSSR count). The van der Waals surface area contributed by atoms with Crippen LogP contribution in [0.1, 0.15) is 34.9 Å². The Bertz CT molecular complexity index is 584. The van der Waals surface area contributed by atoms with Gasteiger partial charge in [-0.25, -0.2) is 0 Å². The molecule has 100 valence electrons. The Morgan fingerprint density at radius 2 is 2.16 bits per heavy atom. The molecular formula is C14H15BrN2OS. The molecule has 1 saturated heterocycles. The lowest BCUT2D eigenvalue weighted by Crippen LogP contribution is -2.30. The summed E-state index contributed by atoms with van der Waals surface area (Å²) in [7, 11) is 0. The summed E-state index contributed by atoms with van der Waals surface area (Å²) in [6.45, 7) is 2.05. The Hall–Kier alpha value is -0.910. The van der Waals surface area contributed by atoms with Gasteiger partial charge in [-0.15, -0.1) is 0 Å². The number of hydrogen-bond acceptors (Lipinski definition) is 3. The van der Waals surface area contributed by atoms with Gasteiger partial charge >= 0.3 is 0 Å². The first-order valence-corrected chi connectivity index (χ1v) is 8.15. The molecule has 1 N–H and O–H groups in total. The van der Waals surface area contributed by atoms with Gasteiger partial charge in [0.2, 0.25) is 5.78 Å². The highest BCUT2D eigenvalue weighted by molar-refractivity contribution is 9.10. The van der Waals surface area contributed by atoms with Crippen LogP contribution in [-0.2, 0) is 0 Å². The second kappa shape index (κ2) is 5.61. The summed E-state index contributed by atoms with van der Waals surface area (Å²) in [5.74, 6) is 0.108. The van der Waals surface area contributed by atoms with E-state index in [1.165, 1.54) is 0 Å². The molecule has 1 fully saturated rings. The molecule has 2 aromatic rings. The minimum Gasteiger partial charge on any atom is -0.342 e. The summed E-state index contributed by atoms with van der Waals surface area (Å²) < 4.78 is 3.04. The topological polar surface area (TPSA) is 34.0 Å². The Morgan fingerprint density at radius 1 is 1.37 bits per heavy atom. The van der Waals surface area contributed by atoms with E-state index >= 15 is 0 Å². The number of carbonyl (C=O) groups excluding carboxylic acids is 1. The predicted octanol–water partition coefficient (Wildman–Crippen LogP) is 3.47. The Labute approximate surface area is 124 Å². The van der Waals surface area contributed by atoms with Crippen LogP contribution in [0.15, 0.2) is 33.6 Å². The Kier molecular flexibility index (Phi) is 3.86. The maximum absolute atomic E-state index is 12.6. The van der Waals surface area contributed by atoms with Crippen LogP contribution in [-0.4, -0.2) is 23.4 Å².